The summed E-state index contributed by atoms with van der Waals surface area (Å²) >= 11 is 1.77. The molecule has 84 valence electrons. The number of hydrogen-bond donors (Lipinski definition) is 0. The van der Waals surface area contributed by atoms with Gasteiger partial charge in [0.2, 0.25) is 0 Å². The molecule has 0 spiro atoms. The molecule has 0 N–H and O–H groups in total. The van der Waals surface area contributed by atoms with E-state index >= 15 is 0 Å². The molecular weight excluding hydrogens is 304 g/mol. The maximum absolute atomic E-state index is 11.9. The smallest absolute Gasteiger partial charge is 0.167 e. The predicted octanol–water partition coefficient (Wildman–Crippen LogP) is 5.23. The molecular formula is C10H16F3I. The molecule has 0 heterocycles. The van der Waals surface area contributed by atoms with Gasteiger partial charge in [0.05, 0.1) is 0 Å². The number of hydrogen-bond acceptors (Lipinski definition) is 0. The molecule has 0 saturated heterocycles. The van der Waals surface area contributed by atoms with Crippen molar-refractivity contribution in [1.29, 1.82) is 0 Å². The Kier molecular flexibility index (Phi) is 7.68. The fourth-order valence-electron chi connectivity index (χ4n) is 1.15. The molecule has 0 aromatic carbocycles. The van der Waals surface area contributed by atoms with Crippen molar-refractivity contribution in [3.8, 4) is 0 Å². The van der Waals surface area contributed by atoms with Gasteiger partial charge in [-0.25, -0.2) is 0 Å². The van der Waals surface area contributed by atoms with Gasteiger partial charge in [0.15, 0.2) is 0 Å². The van der Waals surface area contributed by atoms with Crippen LogP contribution in [-0.2, 0) is 0 Å². The third-order valence-corrected chi connectivity index (χ3v) is 2.69. The second kappa shape index (κ2) is 7.54. The molecule has 0 nitrogen and oxygen atoms in total. The molecule has 0 aliphatic heterocycles. The van der Waals surface area contributed by atoms with Gasteiger partial charge in [0, 0.05) is 6.08 Å². The first-order valence-corrected chi connectivity index (χ1v) is 5.97. The third-order valence-electron chi connectivity index (χ3n) is 1.84. The molecule has 0 aromatic rings. The van der Waals surface area contributed by atoms with Crippen molar-refractivity contribution in [1.82, 2.24) is 0 Å². The van der Waals surface area contributed by atoms with Crippen LogP contribution in [0.25, 0.3) is 0 Å². The fraction of sp³-hybridized carbons (Fsp3) is 0.800. The van der Waals surface area contributed by atoms with Gasteiger partial charge in [0.1, 0.15) is 0 Å². The van der Waals surface area contributed by atoms with Crippen LogP contribution < -0.4 is 0 Å². The predicted molar refractivity (Wildman–Crippen MR) is 61.5 cm³/mol. The van der Waals surface area contributed by atoms with Gasteiger partial charge in [-0.05, 0) is 39.0 Å². The van der Waals surface area contributed by atoms with Crippen LogP contribution in [0.5, 0.6) is 0 Å². The second-order valence-electron chi connectivity index (χ2n) is 3.30. The monoisotopic (exact) mass is 320 g/mol. The summed E-state index contributed by atoms with van der Waals surface area (Å²) in [6.07, 6.45) is 2.18. The summed E-state index contributed by atoms with van der Waals surface area (Å²) in [7, 11) is 0. The van der Waals surface area contributed by atoms with E-state index in [0.29, 0.717) is 16.1 Å². The molecule has 0 unspecified atom stereocenters. The number of unbranched alkanes of at least 4 members (excludes halogenated alkanes) is 4. The summed E-state index contributed by atoms with van der Waals surface area (Å²) in [4.78, 5) is 0. The van der Waals surface area contributed by atoms with Crippen molar-refractivity contribution < 1.29 is 13.2 Å². The molecule has 0 atom stereocenters. The Morgan fingerprint density at radius 1 is 1.14 bits per heavy atom. The minimum absolute atomic E-state index is 0.396. The Hall–Kier alpha value is 0.260. The van der Waals surface area contributed by atoms with Crippen molar-refractivity contribution >= 4 is 22.6 Å². The molecule has 0 saturated carbocycles. The molecule has 0 radical (unpaired) electrons. The average molecular weight is 320 g/mol. The van der Waals surface area contributed by atoms with Crippen molar-refractivity contribution in [2.24, 2.45) is 0 Å². The number of rotatable bonds is 6. The first-order valence-electron chi connectivity index (χ1n) is 4.89. The second-order valence-corrected chi connectivity index (χ2v) is 4.68. The molecule has 0 amide bonds. The van der Waals surface area contributed by atoms with E-state index in [1.807, 2.05) is 0 Å². The SMILES string of the molecule is CCCCCCCC(I)=CC(F)(F)F. The van der Waals surface area contributed by atoms with Gasteiger partial charge >= 0.3 is 6.18 Å². The van der Waals surface area contributed by atoms with E-state index in [1.165, 1.54) is 6.42 Å². The highest BCUT2D eigenvalue weighted by molar-refractivity contribution is 14.1. The molecule has 0 aromatic heterocycles. The summed E-state index contributed by atoms with van der Waals surface area (Å²) in [5, 5.41) is 0. The standard InChI is InChI=1S/C10H16F3I/c1-2-3-4-5-6-7-9(14)8-10(11,12)13/h8H,2-7H2,1H3. The maximum atomic E-state index is 11.9. The summed E-state index contributed by atoms with van der Waals surface area (Å²) in [5.41, 5.74) is 0. The first kappa shape index (κ1) is 14.3. The number of allylic oxidation sites excluding steroid dienone is 2. The summed E-state index contributed by atoms with van der Waals surface area (Å²) in [5.74, 6) is 0. The molecule has 4 heteroatoms. The van der Waals surface area contributed by atoms with Gasteiger partial charge in [-0.1, -0.05) is 32.6 Å². The Morgan fingerprint density at radius 3 is 2.21 bits per heavy atom. The summed E-state index contributed by atoms with van der Waals surface area (Å²) < 4.78 is 36.0. The van der Waals surface area contributed by atoms with Crippen LogP contribution in [0.1, 0.15) is 45.4 Å². The van der Waals surface area contributed by atoms with E-state index in [4.69, 9.17) is 0 Å². The maximum Gasteiger partial charge on any atom is 0.410 e. The van der Waals surface area contributed by atoms with Gasteiger partial charge in [0.25, 0.3) is 0 Å². The summed E-state index contributed by atoms with van der Waals surface area (Å²) in [6.45, 7) is 2.12. The Bertz CT molecular complexity index is 173. The quantitative estimate of drug-likeness (QED) is 0.464. The minimum Gasteiger partial charge on any atom is -0.167 e. The van der Waals surface area contributed by atoms with Crippen molar-refractivity contribution in [3.05, 3.63) is 9.66 Å². The summed E-state index contributed by atoms with van der Waals surface area (Å²) in [6, 6.07) is 0. The van der Waals surface area contributed by atoms with Crippen LogP contribution in [0.2, 0.25) is 0 Å². The largest absolute Gasteiger partial charge is 0.410 e. The van der Waals surface area contributed by atoms with Crippen LogP contribution in [0.4, 0.5) is 13.2 Å². The van der Waals surface area contributed by atoms with E-state index < -0.39 is 6.18 Å². The van der Waals surface area contributed by atoms with E-state index in [-0.39, 0.29) is 0 Å². The fourth-order valence-corrected chi connectivity index (χ4v) is 1.88. The first-order chi connectivity index (χ1) is 6.45. The van der Waals surface area contributed by atoms with Crippen molar-refractivity contribution in [2.75, 3.05) is 0 Å². The topological polar surface area (TPSA) is 0 Å². The lowest BCUT2D eigenvalue weighted by Crippen LogP contribution is -2.01. The molecule has 0 rings (SSSR count). The van der Waals surface area contributed by atoms with Crippen molar-refractivity contribution in [2.45, 2.75) is 51.6 Å². The molecule has 0 aliphatic rings. The van der Waals surface area contributed by atoms with E-state index in [2.05, 4.69) is 6.92 Å². The lowest BCUT2D eigenvalue weighted by molar-refractivity contribution is -0.0801. The Labute approximate surface area is 97.1 Å². The van der Waals surface area contributed by atoms with Gasteiger partial charge in [-0.2, -0.15) is 13.2 Å². The van der Waals surface area contributed by atoms with Crippen molar-refractivity contribution in [3.63, 3.8) is 0 Å². The zero-order valence-corrected chi connectivity index (χ0v) is 10.5. The zero-order valence-electron chi connectivity index (χ0n) is 8.33. The minimum atomic E-state index is -4.15. The lowest BCUT2D eigenvalue weighted by Gasteiger charge is -2.02. The molecule has 0 aliphatic carbocycles. The van der Waals surface area contributed by atoms with Gasteiger partial charge in [-0.15, -0.1) is 0 Å². The van der Waals surface area contributed by atoms with Crippen LogP contribution in [-0.4, -0.2) is 6.18 Å². The number of halogens is 4. The van der Waals surface area contributed by atoms with Gasteiger partial charge in [-0.3, -0.25) is 0 Å². The van der Waals surface area contributed by atoms with Crippen LogP contribution in [0.15, 0.2) is 9.66 Å². The third kappa shape index (κ3) is 10.3. The zero-order chi connectivity index (χ0) is 11.0. The normalized spacial score (nSPS) is 13.4. The highest BCUT2D eigenvalue weighted by atomic mass is 127. The Morgan fingerprint density at radius 2 is 1.71 bits per heavy atom. The average Bonchev–Trinajstić information content (AvgIpc) is 2.00. The number of alkyl halides is 3. The molecule has 14 heavy (non-hydrogen) atoms. The van der Waals surface area contributed by atoms with Crippen LogP contribution in [0.3, 0.4) is 0 Å². The van der Waals surface area contributed by atoms with E-state index in [0.717, 1.165) is 25.7 Å². The van der Waals surface area contributed by atoms with Crippen LogP contribution >= 0.6 is 22.6 Å². The van der Waals surface area contributed by atoms with Crippen LogP contribution in [0, 0.1) is 0 Å². The van der Waals surface area contributed by atoms with E-state index in [9.17, 15) is 13.2 Å². The lowest BCUT2D eigenvalue weighted by atomic mass is 10.1. The highest BCUT2D eigenvalue weighted by Gasteiger charge is 2.23. The Balaban J connectivity index is 3.54. The molecule has 0 fully saturated rings. The van der Waals surface area contributed by atoms with Gasteiger partial charge < -0.3 is 0 Å². The van der Waals surface area contributed by atoms with E-state index in [1.54, 1.807) is 22.6 Å². The highest BCUT2D eigenvalue weighted by Crippen LogP contribution is 2.25. The molecule has 0 bridgehead atoms.